The van der Waals surface area contributed by atoms with Crippen molar-refractivity contribution in [3.8, 4) is 11.6 Å². The van der Waals surface area contributed by atoms with Gasteiger partial charge in [-0.3, -0.25) is 4.79 Å². The van der Waals surface area contributed by atoms with E-state index in [9.17, 15) is 4.79 Å². The summed E-state index contributed by atoms with van der Waals surface area (Å²) in [6, 6.07) is -0.686. The summed E-state index contributed by atoms with van der Waals surface area (Å²) in [6.45, 7) is -0.273. The zero-order valence-electron chi connectivity index (χ0n) is 8.16. The van der Waals surface area contributed by atoms with Gasteiger partial charge in [0.1, 0.15) is 24.3 Å². The lowest BCUT2D eigenvalue weighted by molar-refractivity contribution is 0.111. The van der Waals surface area contributed by atoms with Gasteiger partial charge in [-0.1, -0.05) is 0 Å². The van der Waals surface area contributed by atoms with Crippen LogP contribution in [0.3, 0.4) is 0 Å². The van der Waals surface area contributed by atoms with Crippen molar-refractivity contribution >= 4 is 6.29 Å². The number of aldehydes is 1. The van der Waals surface area contributed by atoms with E-state index in [2.05, 4.69) is 9.97 Å². The molecule has 84 valence electrons. The van der Waals surface area contributed by atoms with Gasteiger partial charge >= 0.3 is 0 Å². The molecular formula is C9H9N3O4. The average molecular weight is 223 g/mol. The number of aliphatic hydroxyl groups excluding tert-OH is 1. The van der Waals surface area contributed by atoms with Crippen LogP contribution in [0, 0.1) is 0 Å². The first kappa shape index (κ1) is 10.5. The number of aromatic nitrogens is 2. The highest BCUT2D eigenvalue weighted by Gasteiger charge is 2.15. The second kappa shape index (κ2) is 4.25. The van der Waals surface area contributed by atoms with E-state index >= 15 is 0 Å². The molecule has 2 aromatic heterocycles. The predicted molar refractivity (Wildman–Crippen MR) is 51.4 cm³/mol. The smallest absolute Gasteiger partial charge is 0.249 e. The molecule has 0 spiro atoms. The standard InChI is InChI=1S/C9H9N3O4/c10-6(2-14)8-12-7(4-16-8)9-11-5(1-13)3-15-9/h1,3-4,6,14H,2,10H2. The van der Waals surface area contributed by atoms with Gasteiger partial charge in [-0.2, -0.15) is 0 Å². The molecule has 0 amide bonds. The van der Waals surface area contributed by atoms with Crippen molar-refractivity contribution in [3.05, 3.63) is 24.1 Å². The van der Waals surface area contributed by atoms with Gasteiger partial charge in [-0.25, -0.2) is 9.97 Å². The minimum absolute atomic E-state index is 0.169. The molecule has 1 unspecified atom stereocenters. The molecule has 2 aromatic rings. The molecule has 16 heavy (non-hydrogen) atoms. The highest BCUT2D eigenvalue weighted by Crippen LogP contribution is 2.19. The van der Waals surface area contributed by atoms with Gasteiger partial charge in [0.25, 0.3) is 0 Å². The number of aliphatic hydroxyl groups is 1. The highest BCUT2D eigenvalue weighted by atomic mass is 16.4. The lowest BCUT2D eigenvalue weighted by Crippen LogP contribution is -2.14. The number of nitrogens with zero attached hydrogens (tertiary/aromatic N) is 2. The summed E-state index contributed by atoms with van der Waals surface area (Å²) < 4.78 is 10.0. The van der Waals surface area contributed by atoms with Crippen molar-refractivity contribution in [2.24, 2.45) is 5.73 Å². The first-order valence-electron chi connectivity index (χ1n) is 4.47. The molecule has 7 nitrogen and oxygen atoms in total. The molecule has 0 aliphatic rings. The predicted octanol–water partition coefficient (Wildman–Crippen LogP) is 0.134. The molecule has 0 saturated heterocycles. The topological polar surface area (TPSA) is 115 Å². The van der Waals surface area contributed by atoms with Crippen molar-refractivity contribution < 1.29 is 18.7 Å². The van der Waals surface area contributed by atoms with Gasteiger partial charge in [-0.05, 0) is 0 Å². The van der Waals surface area contributed by atoms with E-state index in [-0.39, 0.29) is 24.1 Å². The fourth-order valence-electron chi connectivity index (χ4n) is 1.09. The molecule has 0 aliphatic carbocycles. The van der Waals surface area contributed by atoms with E-state index in [1.807, 2.05) is 0 Å². The van der Waals surface area contributed by atoms with Gasteiger partial charge in [0.05, 0.1) is 6.61 Å². The molecule has 1 atom stereocenters. The van der Waals surface area contributed by atoms with Crippen LogP contribution < -0.4 is 5.73 Å². The van der Waals surface area contributed by atoms with E-state index in [1.54, 1.807) is 0 Å². The van der Waals surface area contributed by atoms with Gasteiger partial charge in [0, 0.05) is 0 Å². The van der Waals surface area contributed by atoms with Gasteiger partial charge < -0.3 is 19.7 Å². The van der Waals surface area contributed by atoms with Crippen LogP contribution in [0.25, 0.3) is 11.6 Å². The van der Waals surface area contributed by atoms with Crippen LogP contribution in [0.4, 0.5) is 0 Å². The lowest BCUT2D eigenvalue weighted by Gasteiger charge is -1.99. The highest BCUT2D eigenvalue weighted by molar-refractivity contribution is 5.72. The molecule has 0 saturated carbocycles. The van der Waals surface area contributed by atoms with Crippen LogP contribution >= 0.6 is 0 Å². The summed E-state index contributed by atoms with van der Waals surface area (Å²) in [5.41, 5.74) is 6.00. The molecule has 2 heterocycles. The SMILES string of the molecule is NC(CO)c1nc(-c2nc(C=O)co2)co1. The van der Waals surface area contributed by atoms with Crippen molar-refractivity contribution in [1.82, 2.24) is 9.97 Å². The minimum Gasteiger partial charge on any atom is -0.446 e. The Morgan fingerprint density at radius 3 is 2.88 bits per heavy atom. The fraction of sp³-hybridized carbons (Fsp3) is 0.222. The Labute approximate surface area is 89.9 Å². The first-order valence-corrected chi connectivity index (χ1v) is 4.47. The van der Waals surface area contributed by atoms with Crippen LogP contribution in [0.1, 0.15) is 22.4 Å². The van der Waals surface area contributed by atoms with Gasteiger partial charge in [0.15, 0.2) is 12.0 Å². The normalized spacial score (nSPS) is 12.6. The molecule has 7 heteroatoms. The number of nitrogens with two attached hydrogens (primary N) is 1. The summed E-state index contributed by atoms with van der Waals surface area (Å²) in [5, 5.41) is 8.80. The maximum atomic E-state index is 10.4. The zero-order chi connectivity index (χ0) is 11.5. The summed E-state index contributed by atoms with van der Waals surface area (Å²) >= 11 is 0. The second-order valence-corrected chi connectivity index (χ2v) is 3.06. The monoisotopic (exact) mass is 223 g/mol. The van der Waals surface area contributed by atoms with Crippen molar-refractivity contribution in [2.45, 2.75) is 6.04 Å². The van der Waals surface area contributed by atoms with Crippen LogP contribution in [0.15, 0.2) is 21.4 Å². The third-order valence-electron chi connectivity index (χ3n) is 1.90. The quantitative estimate of drug-likeness (QED) is 0.708. The number of carbonyl (C=O) groups excluding carboxylic acids is 1. The third-order valence-corrected chi connectivity index (χ3v) is 1.90. The van der Waals surface area contributed by atoms with E-state index < -0.39 is 6.04 Å². The average Bonchev–Trinajstić information content (AvgIpc) is 2.95. The lowest BCUT2D eigenvalue weighted by atomic mass is 10.3. The van der Waals surface area contributed by atoms with Crippen LogP contribution in [-0.2, 0) is 0 Å². The number of hydrogen-bond acceptors (Lipinski definition) is 7. The van der Waals surface area contributed by atoms with Crippen molar-refractivity contribution in [2.75, 3.05) is 6.61 Å². The molecule has 0 fully saturated rings. The number of rotatable bonds is 4. The van der Waals surface area contributed by atoms with Crippen LogP contribution in [-0.4, -0.2) is 28.0 Å². The third kappa shape index (κ3) is 1.86. The van der Waals surface area contributed by atoms with E-state index in [4.69, 9.17) is 19.7 Å². The zero-order valence-corrected chi connectivity index (χ0v) is 8.16. The van der Waals surface area contributed by atoms with Crippen LogP contribution in [0.2, 0.25) is 0 Å². The Morgan fingerprint density at radius 1 is 1.44 bits per heavy atom. The summed E-state index contributed by atoms with van der Waals surface area (Å²) in [7, 11) is 0. The molecule has 0 radical (unpaired) electrons. The number of carbonyl (C=O) groups is 1. The Kier molecular flexibility index (Phi) is 2.80. The largest absolute Gasteiger partial charge is 0.446 e. The molecule has 0 bridgehead atoms. The summed E-state index contributed by atoms with van der Waals surface area (Å²) in [6.07, 6.45) is 3.07. The Balaban J connectivity index is 2.27. The molecular weight excluding hydrogens is 214 g/mol. The minimum atomic E-state index is -0.686. The fourth-order valence-corrected chi connectivity index (χ4v) is 1.09. The Hall–Kier alpha value is -1.99. The van der Waals surface area contributed by atoms with E-state index in [0.29, 0.717) is 12.0 Å². The molecule has 0 aromatic carbocycles. The second-order valence-electron chi connectivity index (χ2n) is 3.06. The van der Waals surface area contributed by atoms with Crippen molar-refractivity contribution in [3.63, 3.8) is 0 Å². The first-order chi connectivity index (χ1) is 7.74. The van der Waals surface area contributed by atoms with Crippen LogP contribution in [0.5, 0.6) is 0 Å². The van der Waals surface area contributed by atoms with Gasteiger partial charge in [0.2, 0.25) is 11.8 Å². The van der Waals surface area contributed by atoms with Gasteiger partial charge in [-0.15, -0.1) is 0 Å². The molecule has 3 N–H and O–H groups in total. The number of hydrogen-bond donors (Lipinski definition) is 2. The summed E-state index contributed by atoms with van der Waals surface area (Å²) in [4.78, 5) is 18.2. The molecule has 2 rings (SSSR count). The maximum Gasteiger partial charge on any atom is 0.249 e. The summed E-state index contributed by atoms with van der Waals surface area (Å²) in [5.74, 6) is 0.352. The number of oxazole rings is 2. The van der Waals surface area contributed by atoms with E-state index in [0.717, 1.165) is 0 Å². The maximum absolute atomic E-state index is 10.4. The Bertz CT molecular complexity index is 490. The van der Waals surface area contributed by atoms with E-state index in [1.165, 1.54) is 12.5 Å². The van der Waals surface area contributed by atoms with Crippen molar-refractivity contribution in [1.29, 1.82) is 0 Å². The Morgan fingerprint density at radius 2 is 2.25 bits per heavy atom. The molecule has 0 aliphatic heterocycles.